The molecule has 94 valence electrons. The van der Waals surface area contributed by atoms with Crippen molar-refractivity contribution >= 4 is 21.7 Å². The Morgan fingerprint density at radius 2 is 2.12 bits per heavy atom. The number of aliphatic carboxylic acids is 1. The summed E-state index contributed by atoms with van der Waals surface area (Å²) in [5, 5.41) is 8.52. The van der Waals surface area contributed by atoms with Crippen LogP contribution >= 0.6 is 0 Å². The lowest BCUT2D eigenvalue weighted by molar-refractivity contribution is -0.134. The van der Waals surface area contributed by atoms with Gasteiger partial charge in [0.05, 0.1) is 5.69 Å². The Hall–Kier alpha value is -1.63. The molecular formula is C10H12FNO4S. The molecule has 0 radical (unpaired) electrons. The van der Waals surface area contributed by atoms with Crippen LogP contribution < -0.4 is 4.31 Å². The average molecular weight is 261 g/mol. The normalized spacial score (nSPS) is 11.2. The zero-order valence-corrected chi connectivity index (χ0v) is 9.95. The summed E-state index contributed by atoms with van der Waals surface area (Å²) in [4.78, 5) is 10.5. The van der Waals surface area contributed by atoms with Crippen molar-refractivity contribution < 1.29 is 22.7 Å². The second-order valence-electron chi connectivity index (χ2n) is 3.29. The summed E-state index contributed by atoms with van der Waals surface area (Å²) in [5.41, 5.74) is 0.119. The highest BCUT2D eigenvalue weighted by Gasteiger charge is 2.24. The molecule has 0 bridgehead atoms. The Morgan fingerprint density at radius 3 is 2.59 bits per heavy atom. The van der Waals surface area contributed by atoms with Crippen LogP contribution in [0.1, 0.15) is 6.92 Å². The topological polar surface area (TPSA) is 74.7 Å². The van der Waals surface area contributed by atoms with E-state index in [-0.39, 0.29) is 12.2 Å². The number of hydrogen-bond acceptors (Lipinski definition) is 3. The summed E-state index contributed by atoms with van der Waals surface area (Å²) < 4.78 is 37.3. The van der Waals surface area contributed by atoms with Crippen LogP contribution in [-0.2, 0) is 14.8 Å². The molecular weight excluding hydrogens is 249 g/mol. The van der Waals surface area contributed by atoms with Gasteiger partial charge in [-0.25, -0.2) is 12.8 Å². The van der Waals surface area contributed by atoms with Gasteiger partial charge in [-0.15, -0.1) is 0 Å². The molecule has 0 aromatic heterocycles. The Bertz CT molecular complexity index is 515. The third-order valence-electron chi connectivity index (χ3n) is 2.03. The molecule has 0 spiro atoms. The van der Waals surface area contributed by atoms with Gasteiger partial charge in [-0.1, -0.05) is 6.07 Å². The molecule has 0 aliphatic heterocycles. The van der Waals surface area contributed by atoms with E-state index in [9.17, 15) is 17.6 Å². The monoisotopic (exact) mass is 261 g/mol. The van der Waals surface area contributed by atoms with Crippen LogP contribution in [0.2, 0.25) is 0 Å². The maximum atomic E-state index is 13.0. The number of benzene rings is 1. The molecule has 0 atom stereocenters. The van der Waals surface area contributed by atoms with Gasteiger partial charge in [-0.2, -0.15) is 0 Å². The predicted molar refractivity (Wildman–Crippen MR) is 60.8 cm³/mol. The quantitative estimate of drug-likeness (QED) is 0.860. The van der Waals surface area contributed by atoms with Gasteiger partial charge in [0.15, 0.2) is 5.75 Å². The largest absolute Gasteiger partial charge is 0.480 e. The van der Waals surface area contributed by atoms with E-state index in [4.69, 9.17) is 5.11 Å². The van der Waals surface area contributed by atoms with E-state index < -0.39 is 27.6 Å². The molecule has 0 heterocycles. The second kappa shape index (κ2) is 5.13. The fourth-order valence-electron chi connectivity index (χ4n) is 1.41. The van der Waals surface area contributed by atoms with Crippen LogP contribution in [0.4, 0.5) is 10.1 Å². The van der Waals surface area contributed by atoms with Crippen molar-refractivity contribution in [3.05, 3.63) is 30.1 Å². The van der Waals surface area contributed by atoms with Crippen LogP contribution in [0.25, 0.3) is 0 Å². The molecule has 5 nitrogen and oxygen atoms in total. The van der Waals surface area contributed by atoms with Gasteiger partial charge in [-0.3, -0.25) is 9.10 Å². The highest BCUT2D eigenvalue weighted by Crippen LogP contribution is 2.19. The molecule has 1 rings (SSSR count). The summed E-state index contributed by atoms with van der Waals surface area (Å²) in [6, 6.07) is 5.00. The van der Waals surface area contributed by atoms with Crippen LogP contribution in [0.5, 0.6) is 0 Å². The predicted octanol–water partition coefficient (Wildman–Crippen LogP) is 1.07. The molecule has 0 fully saturated rings. The minimum Gasteiger partial charge on any atom is -0.480 e. The fraction of sp³-hybridized carbons (Fsp3) is 0.300. The average Bonchev–Trinajstić information content (AvgIpc) is 2.15. The summed E-state index contributed by atoms with van der Waals surface area (Å²) in [6.45, 7) is 1.59. The number of rotatable bonds is 5. The van der Waals surface area contributed by atoms with Gasteiger partial charge < -0.3 is 5.11 Å². The number of carboxylic acid groups (broad SMARTS) is 1. The maximum Gasteiger partial charge on any atom is 0.320 e. The molecule has 1 aromatic rings. The van der Waals surface area contributed by atoms with Crippen molar-refractivity contribution in [2.45, 2.75) is 6.92 Å². The lowest BCUT2D eigenvalue weighted by Crippen LogP contribution is -2.35. The lowest BCUT2D eigenvalue weighted by atomic mass is 10.3. The van der Waals surface area contributed by atoms with Crippen LogP contribution in [0.3, 0.4) is 0 Å². The lowest BCUT2D eigenvalue weighted by Gasteiger charge is -2.21. The van der Waals surface area contributed by atoms with E-state index in [1.54, 1.807) is 6.92 Å². The Kier molecular flexibility index (Phi) is 4.06. The third-order valence-corrected chi connectivity index (χ3v) is 3.78. The summed E-state index contributed by atoms with van der Waals surface area (Å²) in [5.74, 6) is -3.04. The van der Waals surface area contributed by atoms with E-state index in [1.807, 2.05) is 0 Å². The first-order chi connectivity index (χ1) is 7.86. The first kappa shape index (κ1) is 13.4. The third kappa shape index (κ3) is 3.42. The number of halogens is 1. The van der Waals surface area contributed by atoms with E-state index >= 15 is 0 Å². The standard InChI is InChI=1S/C10H12FNO4S/c1-2-12(17(15,16)7-10(13)14)9-5-3-4-8(11)6-9/h3-6H,2,7H2,1H3,(H,13,14). The zero-order chi connectivity index (χ0) is 13.1. The number of carbonyl (C=O) groups is 1. The molecule has 1 aromatic carbocycles. The number of hydrogen-bond donors (Lipinski definition) is 1. The molecule has 0 saturated carbocycles. The van der Waals surface area contributed by atoms with Gasteiger partial charge in [0.1, 0.15) is 5.82 Å². The van der Waals surface area contributed by atoms with Gasteiger partial charge >= 0.3 is 5.97 Å². The minimum absolute atomic E-state index is 0.0407. The van der Waals surface area contributed by atoms with Crippen molar-refractivity contribution in [1.82, 2.24) is 0 Å². The zero-order valence-electron chi connectivity index (χ0n) is 9.13. The molecule has 0 aliphatic rings. The Balaban J connectivity index is 3.12. The molecule has 0 saturated heterocycles. The number of carboxylic acids is 1. The van der Waals surface area contributed by atoms with Gasteiger partial charge in [0.2, 0.25) is 10.0 Å². The molecule has 0 aliphatic carbocycles. The number of nitrogens with zero attached hydrogens (tertiary/aromatic N) is 1. The van der Waals surface area contributed by atoms with Crippen LogP contribution in [-0.4, -0.2) is 31.8 Å². The van der Waals surface area contributed by atoms with Gasteiger partial charge in [0.25, 0.3) is 0 Å². The summed E-state index contributed by atoms with van der Waals surface area (Å²) >= 11 is 0. The first-order valence-corrected chi connectivity index (χ1v) is 6.45. The van der Waals surface area contributed by atoms with E-state index in [1.165, 1.54) is 18.2 Å². The number of sulfonamides is 1. The summed E-state index contributed by atoms with van der Waals surface area (Å²) in [6.07, 6.45) is 0. The van der Waals surface area contributed by atoms with Crippen molar-refractivity contribution in [2.75, 3.05) is 16.6 Å². The highest BCUT2D eigenvalue weighted by atomic mass is 32.2. The maximum absolute atomic E-state index is 13.0. The summed E-state index contributed by atoms with van der Waals surface area (Å²) in [7, 11) is -3.97. The Labute approximate surface area is 98.5 Å². The number of anilines is 1. The second-order valence-corrected chi connectivity index (χ2v) is 5.19. The van der Waals surface area contributed by atoms with Crippen molar-refractivity contribution in [2.24, 2.45) is 0 Å². The van der Waals surface area contributed by atoms with Crippen LogP contribution in [0.15, 0.2) is 24.3 Å². The molecule has 17 heavy (non-hydrogen) atoms. The molecule has 0 amide bonds. The van der Waals surface area contributed by atoms with Gasteiger partial charge in [0, 0.05) is 6.54 Å². The van der Waals surface area contributed by atoms with Crippen molar-refractivity contribution in [3.8, 4) is 0 Å². The van der Waals surface area contributed by atoms with E-state index in [0.717, 1.165) is 10.4 Å². The molecule has 0 unspecified atom stereocenters. The molecule has 1 N–H and O–H groups in total. The molecule has 7 heteroatoms. The van der Waals surface area contributed by atoms with Gasteiger partial charge in [-0.05, 0) is 25.1 Å². The van der Waals surface area contributed by atoms with Crippen molar-refractivity contribution in [1.29, 1.82) is 0 Å². The minimum atomic E-state index is -3.97. The smallest absolute Gasteiger partial charge is 0.320 e. The SMILES string of the molecule is CCN(c1cccc(F)c1)S(=O)(=O)CC(=O)O. The van der Waals surface area contributed by atoms with Crippen molar-refractivity contribution in [3.63, 3.8) is 0 Å². The van der Waals surface area contributed by atoms with E-state index in [2.05, 4.69) is 0 Å². The Morgan fingerprint density at radius 1 is 1.47 bits per heavy atom. The van der Waals surface area contributed by atoms with Crippen LogP contribution in [0, 0.1) is 5.82 Å². The van der Waals surface area contributed by atoms with E-state index in [0.29, 0.717) is 0 Å². The first-order valence-electron chi connectivity index (χ1n) is 4.84. The highest BCUT2D eigenvalue weighted by molar-refractivity contribution is 7.93. The fourth-order valence-corrected chi connectivity index (χ4v) is 2.70.